The second-order valence-electron chi connectivity index (χ2n) is 4.06. The molecular formula is C11H18N4. The van der Waals surface area contributed by atoms with E-state index >= 15 is 0 Å². The molecule has 0 spiro atoms. The molecule has 0 aromatic carbocycles. The first-order valence-electron chi connectivity index (χ1n) is 5.61. The SMILES string of the molecule is Cc1ccnc(NC2CCCCNC2)n1. The van der Waals surface area contributed by atoms with Crippen LogP contribution in [0, 0.1) is 6.92 Å². The minimum atomic E-state index is 0.467. The average Bonchev–Trinajstić information content (AvgIpc) is 2.46. The standard InChI is InChI=1S/C11H18N4/c1-9-5-7-13-11(14-9)15-10-4-2-3-6-12-8-10/h5,7,10,12H,2-4,6,8H2,1H3,(H,13,14,15). The number of hydrogen-bond donors (Lipinski definition) is 2. The van der Waals surface area contributed by atoms with Crippen LogP contribution in [0.15, 0.2) is 12.3 Å². The van der Waals surface area contributed by atoms with Crippen LogP contribution in [-0.4, -0.2) is 29.1 Å². The zero-order chi connectivity index (χ0) is 10.5. The first-order chi connectivity index (χ1) is 7.34. The van der Waals surface area contributed by atoms with Crippen molar-refractivity contribution in [2.45, 2.75) is 32.2 Å². The van der Waals surface area contributed by atoms with Crippen LogP contribution in [0.4, 0.5) is 5.95 Å². The maximum atomic E-state index is 4.35. The van der Waals surface area contributed by atoms with Gasteiger partial charge < -0.3 is 10.6 Å². The van der Waals surface area contributed by atoms with Crippen molar-refractivity contribution in [1.82, 2.24) is 15.3 Å². The first kappa shape index (κ1) is 10.4. The van der Waals surface area contributed by atoms with Crippen molar-refractivity contribution in [3.8, 4) is 0 Å². The molecule has 0 aliphatic carbocycles. The van der Waals surface area contributed by atoms with Crippen molar-refractivity contribution in [3.63, 3.8) is 0 Å². The normalized spacial score (nSPS) is 22.1. The van der Waals surface area contributed by atoms with Crippen LogP contribution in [0.5, 0.6) is 0 Å². The van der Waals surface area contributed by atoms with Gasteiger partial charge in [-0.1, -0.05) is 6.42 Å². The number of aryl methyl sites for hydroxylation is 1. The molecule has 4 nitrogen and oxygen atoms in total. The molecule has 0 bridgehead atoms. The quantitative estimate of drug-likeness (QED) is 0.766. The number of nitrogens with zero attached hydrogens (tertiary/aromatic N) is 2. The Morgan fingerprint density at radius 1 is 1.47 bits per heavy atom. The second-order valence-corrected chi connectivity index (χ2v) is 4.06. The van der Waals surface area contributed by atoms with Gasteiger partial charge >= 0.3 is 0 Å². The third-order valence-corrected chi connectivity index (χ3v) is 2.67. The Morgan fingerprint density at radius 3 is 3.27 bits per heavy atom. The van der Waals surface area contributed by atoms with Crippen LogP contribution in [-0.2, 0) is 0 Å². The van der Waals surface area contributed by atoms with E-state index in [9.17, 15) is 0 Å². The van der Waals surface area contributed by atoms with Gasteiger partial charge in [-0.2, -0.15) is 0 Å². The van der Waals surface area contributed by atoms with Crippen LogP contribution < -0.4 is 10.6 Å². The summed E-state index contributed by atoms with van der Waals surface area (Å²) in [7, 11) is 0. The molecule has 1 aliphatic heterocycles. The molecule has 1 aliphatic rings. The molecule has 1 fully saturated rings. The van der Waals surface area contributed by atoms with Gasteiger partial charge in [-0.15, -0.1) is 0 Å². The van der Waals surface area contributed by atoms with Gasteiger partial charge in [0.2, 0.25) is 5.95 Å². The summed E-state index contributed by atoms with van der Waals surface area (Å²) in [6, 6.07) is 2.38. The molecule has 0 amide bonds. The molecule has 4 heteroatoms. The number of rotatable bonds is 2. The van der Waals surface area contributed by atoms with Crippen LogP contribution >= 0.6 is 0 Å². The third-order valence-electron chi connectivity index (χ3n) is 2.67. The maximum absolute atomic E-state index is 4.35. The Hall–Kier alpha value is -1.16. The summed E-state index contributed by atoms with van der Waals surface area (Å²) in [5.41, 5.74) is 1.01. The molecule has 1 atom stereocenters. The Morgan fingerprint density at radius 2 is 2.40 bits per heavy atom. The van der Waals surface area contributed by atoms with E-state index in [1.54, 1.807) is 6.20 Å². The molecule has 0 saturated carbocycles. The molecule has 1 saturated heterocycles. The fourth-order valence-corrected chi connectivity index (χ4v) is 1.84. The van der Waals surface area contributed by atoms with E-state index in [4.69, 9.17) is 0 Å². The summed E-state index contributed by atoms with van der Waals surface area (Å²) in [6.07, 6.45) is 5.54. The summed E-state index contributed by atoms with van der Waals surface area (Å²) in [6.45, 7) is 4.13. The smallest absolute Gasteiger partial charge is 0.223 e. The van der Waals surface area contributed by atoms with Crippen molar-refractivity contribution < 1.29 is 0 Å². The predicted octanol–water partition coefficient (Wildman–Crippen LogP) is 1.34. The Labute approximate surface area is 90.5 Å². The molecule has 2 rings (SSSR count). The molecule has 15 heavy (non-hydrogen) atoms. The summed E-state index contributed by atoms with van der Waals surface area (Å²) >= 11 is 0. The monoisotopic (exact) mass is 206 g/mol. The molecule has 2 N–H and O–H groups in total. The topological polar surface area (TPSA) is 49.8 Å². The minimum absolute atomic E-state index is 0.467. The van der Waals surface area contributed by atoms with E-state index in [1.807, 2.05) is 13.0 Å². The van der Waals surface area contributed by atoms with E-state index in [0.717, 1.165) is 24.7 Å². The van der Waals surface area contributed by atoms with Crippen molar-refractivity contribution in [1.29, 1.82) is 0 Å². The summed E-state index contributed by atoms with van der Waals surface area (Å²) in [4.78, 5) is 8.56. The first-order valence-corrected chi connectivity index (χ1v) is 5.61. The lowest BCUT2D eigenvalue weighted by Gasteiger charge is -2.16. The Balaban J connectivity index is 1.95. The summed E-state index contributed by atoms with van der Waals surface area (Å²) in [5.74, 6) is 0.753. The van der Waals surface area contributed by atoms with Gasteiger partial charge in [0.25, 0.3) is 0 Å². The molecular weight excluding hydrogens is 188 g/mol. The van der Waals surface area contributed by atoms with Gasteiger partial charge in [0.15, 0.2) is 0 Å². The molecule has 2 heterocycles. The van der Waals surface area contributed by atoms with Crippen LogP contribution in [0.2, 0.25) is 0 Å². The van der Waals surface area contributed by atoms with E-state index in [1.165, 1.54) is 19.3 Å². The fraction of sp³-hybridized carbons (Fsp3) is 0.636. The van der Waals surface area contributed by atoms with Gasteiger partial charge in [-0.3, -0.25) is 0 Å². The molecule has 1 aromatic rings. The van der Waals surface area contributed by atoms with E-state index in [-0.39, 0.29) is 0 Å². The third kappa shape index (κ3) is 3.16. The van der Waals surface area contributed by atoms with Crippen molar-refractivity contribution in [3.05, 3.63) is 18.0 Å². The minimum Gasteiger partial charge on any atom is -0.350 e. The zero-order valence-corrected chi connectivity index (χ0v) is 9.16. The predicted molar refractivity (Wildman–Crippen MR) is 60.9 cm³/mol. The van der Waals surface area contributed by atoms with E-state index < -0.39 is 0 Å². The van der Waals surface area contributed by atoms with Crippen LogP contribution in [0.1, 0.15) is 25.0 Å². The van der Waals surface area contributed by atoms with Crippen LogP contribution in [0.3, 0.4) is 0 Å². The second kappa shape index (κ2) is 5.07. The zero-order valence-electron chi connectivity index (χ0n) is 9.16. The van der Waals surface area contributed by atoms with Crippen molar-refractivity contribution in [2.24, 2.45) is 0 Å². The Kier molecular flexibility index (Phi) is 3.50. The van der Waals surface area contributed by atoms with Crippen molar-refractivity contribution >= 4 is 5.95 Å². The van der Waals surface area contributed by atoms with E-state index in [2.05, 4.69) is 20.6 Å². The lowest BCUT2D eigenvalue weighted by Crippen LogP contribution is -2.31. The molecule has 1 aromatic heterocycles. The summed E-state index contributed by atoms with van der Waals surface area (Å²) < 4.78 is 0. The van der Waals surface area contributed by atoms with Crippen LogP contribution in [0.25, 0.3) is 0 Å². The van der Waals surface area contributed by atoms with E-state index in [0.29, 0.717) is 6.04 Å². The van der Waals surface area contributed by atoms with Gasteiger partial charge in [-0.05, 0) is 32.4 Å². The fourth-order valence-electron chi connectivity index (χ4n) is 1.84. The highest BCUT2D eigenvalue weighted by Crippen LogP contribution is 2.09. The Bertz CT molecular complexity index is 305. The van der Waals surface area contributed by atoms with Gasteiger partial charge in [0.1, 0.15) is 0 Å². The summed E-state index contributed by atoms with van der Waals surface area (Å²) in [5, 5.41) is 6.79. The number of hydrogen-bond acceptors (Lipinski definition) is 4. The molecule has 0 radical (unpaired) electrons. The number of nitrogens with one attached hydrogen (secondary N) is 2. The highest BCUT2D eigenvalue weighted by atomic mass is 15.1. The lowest BCUT2D eigenvalue weighted by molar-refractivity contribution is 0.630. The largest absolute Gasteiger partial charge is 0.350 e. The molecule has 1 unspecified atom stereocenters. The lowest BCUT2D eigenvalue weighted by atomic mass is 10.1. The highest BCUT2D eigenvalue weighted by molar-refractivity contribution is 5.26. The average molecular weight is 206 g/mol. The van der Waals surface area contributed by atoms with Gasteiger partial charge in [0.05, 0.1) is 0 Å². The number of anilines is 1. The highest BCUT2D eigenvalue weighted by Gasteiger charge is 2.12. The van der Waals surface area contributed by atoms with Gasteiger partial charge in [0, 0.05) is 24.5 Å². The number of aromatic nitrogens is 2. The maximum Gasteiger partial charge on any atom is 0.223 e. The van der Waals surface area contributed by atoms with Gasteiger partial charge in [-0.25, -0.2) is 9.97 Å². The van der Waals surface area contributed by atoms with Crippen molar-refractivity contribution in [2.75, 3.05) is 18.4 Å². The molecule has 82 valence electrons.